The van der Waals surface area contributed by atoms with Gasteiger partial charge in [-0.05, 0) is 13.0 Å². The number of ether oxygens (including phenoxy) is 1. The van der Waals surface area contributed by atoms with Crippen molar-refractivity contribution in [2.75, 3.05) is 7.11 Å². The zero-order chi connectivity index (χ0) is 12.3. The Morgan fingerprint density at radius 1 is 1.53 bits per heavy atom. The van der Waals surface area contributed by atoms with Crippen molar-refractivity contribution in [1.29, 1.82) is 0 Å². The van der Waals surface area contributed by atoms with Gasteiger partial charge in [-0.25, -0.2) is 4.98 Å². The van der Waals surface area contributed by atoms with Crippen LogP contribution < -0.4 is 4.74 Å². The molecule has 0 aliphatic carbocycles. The number of rotatable bonds is 4. The molecule has 88 valence electrons. The van der Waals surface area contributed by atoms with E-state index in [0.717, 1.165) is 10.7 Å². The standard InChI is InChI=1S/C12H12N2O2S/c1-8-7-17-12(14-8)5-10(15)9-3-4-13-6-11(9)16-2/h3-4,6-7H,5H2,1-2H3. The van der Waals surface area contributed by atoms with Crippen LogP contribution in [0, 0.1) is 6.92 Å². The lowest BCUT2D eigenvalue weighted by molar-refractivity contribution is 0.0990. The SMILES string of the molecule is COc1cnccc1C(=O)Cc1nc(C)cs1. The molecule has 0 saturated heterocycles. The number of carbonyl (C=O) groups is 1. The van der Waals surface area contributed by atoms with E-state index in [9.17, 15) is 4.79 Å². The molecule has 0 atom stereocenters. The van der Waals surface area contributed by atoms with E-state index >= 15 is 0 Å². The van der Waals surface area contributed by atoms with E-state index < -0.39 is 0 Å². The van der Waals surface area contributed by atoms with Crippen molar-refractivity contribution in [1.82, 2.24) is 9.97 Å². The lowest BCUT2D eigenvalue weighted by atomic mass is 10.1. The molecule has 2 aromatic rings. The van der Waals surface area contributed by atoms with Gasteiger partial charge in [0.05, 0.1) is 25.3 Å². The third-order valence-electron chi connectivity index (χ3n) is 2.28. The summed E-state index contributed by atoms with van der Waals surface area (Å²) in [5.41, 5.74) is 1.50. The minimum atomic E-state index is -0.00130. The van der Waals surface area contributed by atoms with Crippen LogP contribution >= 0.6 is 11.3 Å². The smallest absolute Gasteiger partial charge is 0.173 e. The molecule has 17 heavy (non-hydrogen) atoms. The summed E-state index contributed by atoms with van der Waals surface area (Å²) in [4.78, 5) is 20.3. The molecule has 0 aliphatic heterocycles. The van der Waals surface area contributed by atoms with Crippen LogP contribution in [-0.4, -0.2) is 22.9 Å². The molecule has 0 bridgehead atoms. The highest BCUT2D eigenvalue weighted by atomic mass is 32.1. The van der Waals surface area contributed by atoms with Crippen LogP contribution in [0.3, 0.4) is 0 Å². The van der Waals surface area contributed by atoms with Gasteiger partial charge in [0.2, 0.25) is 0 Å². The Morgan fingerprint density at radius 2 is 2.35 bits per heavy atom. The van der Waals surface area contributed by atoms with Crippen molar-refractivity contribution in [3.05, 3.63) is 40.1 Å². The number of ketones is 1. The second kappa shape index (κ2) is 5.05. The average molecular weight is 248 g/mol. The summed E-state index contributed by atoms with van der Waals surface area (Å²) in [5.74, 6) is 0.504. The summed E-state index contributed by atoms with van der Waals surface area (Å²) in [7, 11) is 1.53. The first-order chi connectivity index (χ1) is 8.20. The summed E-state index contributed by atoms with van der Waals surface area (Å²) >= 11 is 1.50. The van der Waals surface area contributed by atoms with Crippen LogP contribution in [0.4, 0.5) is 0 Å². The molecule has 5 heteroatoms. The van der Waals surface area contributed by atoms with Crippen molar-refractivity contribution in [2.45, 2.75) is 13.3 Å². The number of carbonyl (C=O) groups excluding carboxylic acids is 1. The Morgan fingerprint density at radius 3 is 3.00 bits per heavy atom. The lowest BCUT2D eigenvalue weighted by Crippen LogP contribution is -2.06. The normalized spacial score (nSPS) is 10.2. The van der Waals surface area contributed by atoms with Crippen molar-refractivity contribution in [3.63, 3.8) is 0 Å². The van der Waals surface area contributed by atoms with E-state index in [2.05, 4.69) is 9.97 Å². The molecule has 0 N–H and O–H groups in total. The number of thiazole rings is 1. The molecule has 0 aliphatic rings. The van der Waals surface area contributed by atoms with Gasteiger partial charge in [-0.3, -0.25) is 9.78 Å². The van der Waals surface area contributed by atoms with Gasteiger partial charge in [0.1, 0.15) is 10.8 Å². The maximum absolute atomic E-state index is 12.1. The van der Waals surface area contributed by atoms with Gasteiger partial charge >= 0.3 is 0 Å². The van der Waals surface area contributed by atoms with Crippen molar-refractivity contribution in [3.8, 4) is 5.75 Å². The quantitative estimate of drug-likeness (QED) is 0.779. The van der Waals surface area contributed by atoms with Gasteiger partial charge in [0, 0.05) is 17.3 Å². The molecule has 0 saturated carbocycles. The minimum Gasteiger partial charge on any atom is -0.494 e. The Bertz CT molecular complexity index is 537. The van der Waals surface area contributed by atoms with Crippen LogP contribution in [0.5, 0.6) is 5.75 Å². The molecule has 0 unspecified atom stereocenters. The summed E-state index contributed by atoms with van der Waals surface area (Å²) in [6, 6.07) is 1.67. The topological polar surface area (TPSA) is 52.1 Å². The number of aryl methyl sites for hydroxylation is 1. The molecule has 0 spiro atoms. The van der Waals surface area contributed by atoms with E-state index in [4.69, 9.17) is 4.74 Å². The highest BCUT2D eigenvalue weighted by molar-refractivity contribution is 7.09. The predicted molar refractivity (Wildman–Crippen MR) is 65.7 cm³/mol. The average Bonchev–Trinajstić information content (AvgIpc) is 2.74. The van der Waals surface area contributed by atoms with Crippen LogP contribution in [0.2, 0.25) is 0 Å². The second-order valence-electron chi connectivity index (χ2n) is 3.56. The maximum Gasteiger partial charge on any atom is 0.173 e. The molecular formula is C12H12N2O2S. The Balaban J connectivity index is 2.20. The Kier molecular flexibility index (Phi) is 3.49. The molecule has 2 aromatic heterocycles. The number of hydrogen-bond donors (Lipinski definition) is 0. The van der Waals surface area contributed by atoms with Gasteiger partial charge in [0.25, 0.3) is 0 Å². The minimum absolute atomic E-state index is 0.00130. The number of methoxy groups -OCH3 is 1. The van der Waals surface area contributed by atoms with E-state index in [1.54, 1.807) is 18.5 Å². The first-order valence-corrected chi connectivity index (χ1v) is 6.01. The third kappa shape index (κ3) is 2.68. The first-order valence-electron chi connectivity index (χ1n) is 5.13. The van der Waals surface area contributed by atoms with Gasteiger partial charge in [-0.2, -0.15) is 0 Å². The molecule has 4 nitrogen and oxygen atoms in total. The van der Waals surface area contributed by atoms with Crippen LogP contribution in [0.15, 0.2) is 23.8 Å². The number of hydrogen-bond acceptors (Lipinski definition) is 5. The number of aromatic nitrogens is 2. The van der Waals surface area contributed by atoms with Gasteiger partial charge in [0.15, 0.2) is 5.78 Å². The fourth-order valence-corrected chi connectivity index (χ4v) is 2.26. The summed E-state index contributed by atoms with van der Waals surface area (Å²) in [6.07, 6.45) is 3.43. The van der Waals surface area contributed by atoms with E-state index in [1.165, 1.54) is 18.4 Å². The summed E-state index contributed by atoms with van der Waals surface area (Å²) in [6.45, 7) is 1.91. The van der Waals surface area contributed by atoms with Crippen molar-refractivity contribution in [2.24, 2.45) is 0 Å². The summed E-state index contributed by atoms with van der Waals surface area (Å²) in [5, 5.41) is 2.76. The van der Waals surface area contributed by atoms with Gasteiger partial charge in [-0.15, -0.1) is 11.3 Å². The van der Waals surface area contributed by atoms with Crippen LogP contribution in [0.1, 0.15) is 21.1 Å². The van der Waals surface area contributed by atoms with E-state index in [0.29, 0.717) is 17.7 Å². The number of Topliss-reactive ketones (excluding diaryl/α,β-unsaturated/α-hetero) is 1. The predicted octanol–water partition coefficient (Wildman–Crippen LogP) is 2.28. The zero-order valence-corrected chi connectivity index (χ0v) is 10.5. The van der Waals surface area contributed by atoms with E-state index in [-0.39, 0.29) is 5.78 Å². The first kappa shape index (κ1) is 11.7. The fraction of sp³-hybridized carbons (Fsp3) is 0.250. The lowest BCUT2D eigenvalue weighted by Gasteiger charge is -2.05. The van der Waals surface area contributed by atoms with Crippen molar-refractivity contribution < 1.29 is 9.53 Å². The molecule has 0 fully saturated rings. The largest absolute Gasteiger partial charge is 0.494 e. The highest BCUT2D eigenvalue weighted by Crippen LogP contribution is 2.19. The van der Waals surface area contributed by atoms with E-state index in [1.807, 2.05) is 12.3 Å². The third-order valence-corrected chi connectivity index (χ3v) is 3.25. The molecular weight excluding hydrogens is 236 g/mol. The van der Waals surface area contributed by atoms with Crippen LogP contribution in [0.25, 0.3) is 0 Å². The van der Waals surface area contributed by atoms with Crippen LogP contribution in [-0.2, 0) is 6.42 Å². The monoisotopic (exact) mass is 248 g/mol. The second-order valence-corrected chi connectivity index (χ2v) is 4.50. The molecule has 2 rings (SSSR count). The highest BCUT2D eigenvalue weighted by Gasteiger charge is 2.14. The Hall–Kier alpha value is -1.75. The molecule has 2 heterocycles. The maximum atomic E-state index is 12.1. The van der Waals surface area contributed by atoms with Gasteiger partial charge < -0.3 is 4.74 Å². The molecule has 0 radical (unpaired) electrons. The van der Waals surface area contributed by atoms with Crippen molar-refractivity contribution >= 4 is 17.1 Å². The van der Waals surface area contributed by atoms with Gasteiger partial charge in [-0.1, -0.05) is 0 Å². The molecule has 0 amide bonds. The molecule has 0 aromatic carbocycles. The summed E-state index contributed by atoms with van der Waals surface area (Å²) < 4.78 is 5.11. The number of pyridine rings is 1. The number of nitrogens with zero attached hydrogens (tertiary/aromatic N) is 2. The Labute approximate surface area is 103 Å². The fourth-order valence-electron chi connectivity index (χ4n) is 1.49. The zero-order valence-electron chi connectivity index (χ0n) is 9.64.